The number of nitrogens with zero attached hydrogens (tertiary/aromatic N) is 4. The number of aryl methyl sites for hydroxylation is 1. The van der Waals surface area contributed by atoms with E-state index in [1.165, 1.54) is 16.9 Å². The lowest BCUT2D eigenvalue weighted by Crippen LogP contribution is -2.35. The third-order valence-corrected chi connectivity index (χ3v) is 5.56. The molecule has 0 spiro atoms. The number of rotatable bonds is 8. The molecule has 0 unspecified atom stereocenters. The second-order valence-electron chi connectivity index (χ2n) is 8.69. The van der Waals surface area contributed by atoms with Crippen LogP contribution in [0.15, 0.2) is 24.3 Å². The molecule has 0 bridgehead atoms. The Bertz CT molecular complexity index is 1020. The monoisotopic (exact) mass is 428 g/mol. The van der Waals surface area contributed by atoms with Crippen LogP contribution < -0.4 is 15.5 Å². The summed E-state index contributed by atoms with van der Waals surface area (Å²) in [5.41, 5.74) is 2.99. The van der Waals surface area contributed by atoms with Gasteiger partial charge < -0.3 is 15.5 Å². The predicted molar refractivity (Wildman–Crippen MR) is 126 cm³/mol. The fourth-order valence-electron chi connectivity index (χ4n) is 3.10. The van der Waals surface area contributed by atoms with Gasteiger partial charge in [0.2, 0.25) is 16.0 Å². The summed E-state index contributed by atoms with van der Waals surface area (Å²) in [6.45, 7) is 11.5. The Morgan fingerprint density at radius 1 is 1.30 bits per heavy atom. The van der Waals surface area contributed by atoms with Crippen molar-refractivity contribution in [1.82, 2.24) is 19.9 Å². The summed E-state index contributed by atoms with van der Waals surface area (Å²) in [6, 6.07) is 8.33. The molecule has 1 aromatic carbocycles. The van der Waals surface area contributed by atoms with E-state index in [2.05, 4.69) is 63.5 Å². The minimum absolute atomic E-state index is 0.00674. The number of carbonyl (C=O) groups excluding carboxylic acids is 1. The van der Waals surface area contributed by atoms with Crippen molar-refractivity contribution in [3.63, 3.8) is 0 Å². The topological polar surface area (TPSA) is 74.6 Å². The van der Waals surface area contributed by atoms with Gasteiger partial charge in [-0.3, -0.25) is 4.79 Å². The Balaban J connectivity index is 1.91. The van der Waals surface area contributed by atoms with E-state index in [1.807, 2.05) is 22.5 Å². The van der Waals surface area contributed by atoms with Crippen LogP contribution in [0, 0.1) is 6.92 Å². The largest absolute Gasteiger partial charge is 0.364 e. The molecule has 2 N–H and O–H groups in total. The van der Waals surface area contributed by atoms with Crippen molar-refractivity contribution in [1.29, 1.82) is 0 Å². The van der Waals surface area contributed by atoms with Gasteiger partial charge in [0.1, 0.15) is 5.69 Å². The van der Waals surface area contributed by atoms with Gasteiger partial charge in [0.15, 0.2) is 5.82 Å². The lowest BCUT2D eigenvalue weighted by Gasteiger charge is -2.22. The Hall–Kier alpha value is -2.61. The molecule has 0 fully saturated rings. The number of amides is 1. The zero-order valence-electron chi connectivity index (χ0n) is 18.7. The SMILES string of the molecule is CCCCNC(=O)CN(C)c1nn2c(NC(C)(C)C)c(-c3cccc(C)c3)nc2s1. The number of nitrogens with one attached hydrogen (secondary N) is 2. The van der Waals surface area contributed by atoms with Gasteiger partial charge in [0, 0.05) is 24.7 Å². The zero-order valence-corrected chi connectivity index (χ0v) is 19.6. The van der Waals surface area contributed by atoms with E-state index in [0.29, 0.717) is 6.54 Å². The van der Waals surface area contributed by atoms with Crippen LogP contribution in [0.25, 0.3) is 16.2 Å². The fraction of sp³-hybridized carbons (Fsp3) is 0.500. The van der Waals surface area contributed by atoms with Crippen LogP contribution in [0.5, 0.6) is 0 Å². The Labute approximate surface area is 182 Å². The molecule has 2 aromatic heterocycles. The summed E-state index contributed by atoms with van der Waals surface area (Å²) in [4.78, 5) is 19.7. The number of hydrogen-bond acceptors (Lipinski definition) is 6. The molecule has 162 valence electrons. The molecule has 2 heterocycles. The number of fused-ring (bicyclic) bond motifs is 1. The first-order valence-corrected chi connectivity index (χ1v) is 11.2. The van der Waals surface area contributed by atoms with Crippen molar-refractivity contribution in [2.24, 2.45) is 0 Å². The highest BCUT2D eigenvalue weighted by molar-refractivity contribution is 7.20. The quantitative estimate of drug-likeness (QED) is 0.523. The molecular formula is C22H32N6OS. The lowest BCUT2D eigenvalue weighted by atomic mass is 10.1. The average Bonchev–Trinajstić information content (AvgIpc) is 3.20. The molecule has 30 heavy (non-hydrogen) atoms. The maximum Gasteiger partial charge on any atom is 0.239 e. The summed E-state index contributed by atoms with van der Waals surface area (Å²) < 4.78 is 1.86. The molecule has 8 heteroatoms. The first kappa shape index (κ1) is 22.1. The number of hydrogen-bond donors (Lipinski definition) is 2. The van der Waals surface area contributed by atoms with Gasteiger partial charge in [-0.2, -0.15) is 4.52 Å². The predicted octanol–water partition coefficient (Wildman–Crippen LogP) is 4.33. The minimum atomic E-state index is -0.149. The maximum absolute atomic E-state index is 12.2. The van der Waals surface area contributed by atoms with Crippen LogP contribution in [0.3, 0.4) is 0 Å². The van der Waals surface area contributed by atoms with E-state index in [-0.39, 0.29) is 18.0 Å². The fourth-order valence-corrected chi connectivity index (χ4v) is 3.96. The van der Waals surface area contributed by atoms with Crippen LogP contribution in [-0.4, -0.2) is 46.2 Å². The molecule has 3 aromatic rings. The first-order valence-electron chi connectivity index (χ1n) is 10.4. The van der Waals surface area contributed by atoms with Crippen molar-refractivity contribution in [2.45, 2.75) is 53.0 Å². The summed E-state index contributed by atoms with van der Waals surface area (Å²) >= 11 is 1.48. The third-order valence-electron chi connectivity index (χ3n) is 4.54. The highest BCUT2D eigenvalue weighted by Crippen LogP contribution is 2.34. The number of benzene rings is 1. The summed E-state index contributed by atoms with van der Waals surface area (Å²) in [5, 5.41) is 12.0. The molecule has 0 aliphatic rings. The molecule has 0 saturated carbocycles. The van der Waals surface area contributed by atoms with Gasteiger partial charge in [-0.05, 0) is 40.2 Å². The molecule has 3 rings (SSSR count). The standard InChI is InChI=1S/C22H32N6OS/c1-7-8-12-23-17(29)14-27(6)21-26-28-19(25-22(3,4)5)18(24-20(28)30-21)16-11-9-10-15(2)13-16/h9-11,13,25H,7-8,12,14H2,1-6H3,(H,23,29). The molecule has 0 atom stereocenters. The van der Waals surface area contributed by atoms with E-state index in [0.717, 1.165) is 40.0 Å². The number of imidazole rings is 1. The Kier molecular flexibility index (Phi) is 6.65. The van der Waals surface area contributed by atoms with Crippen molar-refractivity contribution >= 4 is 33.2 Å². The van der Waals surface area contributed by atoms with Crippen LogP contribution in [0.4, 0.5) is 10.9 Å². The Morgan fingerprint density at radius 2 is 2.07 bits per heavy atom. The van der Waals surface area contributed by atoms with E-state index in [1.54, 1.807) is 0 Å². The lowest BCUT2D eigenvalue weighted by molar-refractivity contribution is -0.119. The smallest absolute Gasteiger partial charge is 0.239 e. The molecule has 0 aliphatic carbocycles. The number of aromatic nitrogens is 3. The average molecular weight is 429 g/mol. The Morgan fingerprint density at radius 3 is 2.73 bits per heavy atom. The molecule has 0 radical (unpaired) electrons. The van der Waals surface area contributed by atoms with E-state index >= 15 is 0 Å². The number of unbranched alkanes of at least 4 members (excludes halogenated alkanes) is 1. The van der Waals surface area contributed by atoms with Gasteiger partial charge in [-0.1, -0.05) is 48.4 Å². The molecule has 0 aliphatic heterocycles. The van der Waals surface area contributed by atoms with E-state index in [4.69, 9.17) is 10.1 Å². The maximum atomic E-state index is 12.2. The summed E-state index contributed by atoms with van der Waals surface area (Å²) in [6.07, 6.45) is 2.05. The van der Waals surface area contributed by atoms with Crippen LogP contribution in [0.1, 0.15) is 46.1 Å². The van der Waals surface area contributed by atoms with E-state index < -0.39 is 0 Å². The van der Waals surface area contributed by atoms with Crippen molar-refractivity contribution < 1.29 is 4.79 Å². The van der Waals surface area contributed by atoms with Gasteiger partial charge >= 0.3 is 0 Å². The third kappa shape index (κ3) is 5.30. The van der Waals surface area contributed by atoms with Crippen molar-refractivity contribution in [2.75, 3.05) is 30.4 Å². The molecule has 0 saturated heterocycles. The molecule has 1 amide bonds. The second-order valence-corrected chi connectivity index (χ2v) is 9.63. The highest BCUT2D eigenvalue weighted by atomic mass is 32.1. The van der Waals surface area contributed by atoms with Crippen LogP contribution in [-0.2, 0) is 4.79 Å². The van der Waals surface area contributed by atoms with Crippen molar-refractivity contribution in [3.8, 4) is 11.3 Å². The van der Waals surface area contributed by atoms with Gasteiger partial charge in [-0.15, -0.1) is 5.10 Å². The summed E-state index contributed by atoms with van der Waals surface area (Å²) in [7, 11) is 1.88. The zero-order chi connectivity index (χ0) is 21.9. The van der Waals surface area contributed by atoms with Crippen LogP contribution >= 0.6 is 11.3 Å². The summed E-state index contributed by atoms with van der Waals surface area (Å²) in [5.74, 6) is 0.874. The number of likely N-dealkylation sites (N-methyl/N-ethyl adjacent to an activating group) is 1. The van der Waals surface area contributed by atoms with Gasteiger partial charge in [0.05, 0.1) is 6.54 Å². The first-order chi connectivity index (χ1) is 14.2. The molecular weight excluding hydrogens is 396 g/mol. The van der Waals surface area contributed by atoms with Crippen LogP contribution in [0.2, 0.25) is 0 Å². The van der Waals surface area contributed by atoms with Crippen molar-refractivity contribution in [3.05, 3.63) is 29.8 Å². The van der Waals surface area contributed by atoms with Gasteiger partial charge in [-0.25, -0.2) is 4.98 Å². The number of carbonyl (C=O) groups is 1. The van der Waals surface area contributed by atoms with E-state index in [9.17, 15) is 4.79 Å². The highest BCUT2D eigenvalue weighted by Gasteiger charge is 2.23. The normalized spacial score (nSPS) is 11.7. The molecule has 7 nitrogen and oxygen atoms in total. The second kappa shape index (κ2) is 9.04. The minimum Gasteiger partial charge on any atom is -0.364 e. The van der Waals surface area contributed by atoms with Gasteiger partial charge in [0.25, 0.3) is 0 Å². The number of anilines is 2.